The molecule has 39 heavy (non-hydrogen) atoms. The predicted octanol–water partition coefficient (Wildman–Crippen LogP) is 5.38. The number of aliphatic carboxylic acids is 1. The van der Waals surface area contributed by atoms with E-state index >= 15 is 17.6 Å². The first-order valence-corrected chi connectivity index (χ1v) is 12.0. The monoisotopic (exact) mass is 594 g/mol. The van der Waals surface area contributed by atoms with Gasteiger partial charge in [0.25, 0.3) is 0 Å². The lowest BCUT2D eigenvalue weighted by Gasteiger charge is -2.41. The average molecular weight is 595 g/mol. The maximum atomic E-state index is 15.6. The first kappa shape index (κ1) is 30.6. The Bertz CT molecular complexity index is 1340. The summed E-state index contributed by atoms with van der Waals surface area (Å²) in [5, 5.41) is 30.0. The smallest absolute Gasteiger partial charge is 0.434 e. The van der Waals surface area contributed by atoms with Crippen LogP contribution >= 0.6 is 23.2 Å². The Morgan fingerprint density at radius 2 is 1.85 bits per heavy atom. The van der Waals surface area contributed by atoms with Crippen molar-refractivity contribution in [1.82, 2.24) is 4.90 Å². The van der Waals surface area contributed by atoms with Gasteiger partial charge in [-0.1, -0.05) is 55.2 Å². The van der Waals surface area contributed by atoms with Gasteiger partial charge in [-0.05, 0) is 35.6 Å². The van der Waals surface area contributed by atoms with Gasteiger partial charge in [0.15, 0.2) is 0 Å². The molecule has 0 bridgehead atoms. The molecule has 2 aromatic carbocycles. The lowest BCUT2D eigenvalue weighted by atomic mass is 9.62. The van der Waals surface area contributed by atoms with Crippen LogP contribution < -0.4 is 0 Å². The normalized spacial score (nSPS) is 23.9. The number of halogens is 7. The first-order chi connectivity index (χ1) is 18.1. The van der Waals surface area contributed by atoms with Crippen LogP contribution in [0.2, 0.25) is 10.0 Å². The maximum absolute atomic E-state index is 15.6. The molecule has 1 aliphatic heterocycles. The van der Waals surface area contributed by atoms with E-state index in [0.717, 1.165) is 36.4 Å². The summed E-state index contributed by atoms with van der Waals surface area (Å²) in [5.41, 5.74) is -5.38. The van der Waals surface area contributed by atoms with Gasteiger partial charge in [-0.25, -0.2) is 23.4 Å². The van der Waals surface area contributed by atoms with Gasteiger partial charge < -0.3 is 10.2 Å². The molecule has 0 unspecified atom stereocenters. The van der Waals surface area contributed by atoms with E-state index in [1.165, 1.54) is 13.8 Å². The number of alkyl halides is 2. The number of likely N-dealkylation sites (tertiary alicyclic amines) is 1. The number of nitriles is 1. The molecule has 2 N–H and O–H groups in total. The lowest BCUT2D eigenvalue weighted by Crippen LogP contribution is -2.58. The highest BCUT2D eigenvalue weighted by atomic mass is 35.5. The molecule has 210 valence electrons. The van der Waals surface area contributed by atoms with Gasteiger partial charge in [0, 0.05) is 33.7 Å². The fourth-order valence-electron chi connectivity index (χ4n) is 5.21. The minimum absolute atomic E-state index is 0.168. The van der Waals surface area contributed by atoms with E-state index in [1.54, 1.807) is 6.07 Å². The van der Waals surface area contributed by atoms with Gasteiger partial charge in [0.2, 0.25) is 0 Å². The largest absolute Gasteiger partial charge is 0.480 e. The quantitative estimate of drug-likeness (QED) is 0.311. The van der Waals surface area contributed by atoms with Crippen molar-refractivity contribution in [3.63, 3.8) is 0 Å². The topological polar surface area (TPSA) is 111 Å². The van der Waals surface area contributed by atoms with Crippen molar-refractivity contribution in [3.8, 4) is 6.07 Å². The van der Waals surface area contributed by atoms with Crippen LogP contribution in [0.3, 0.4) is 0 Å². The van der Waals surface area contributed by atoms with E-state index < -0.39 is 87.6 Å². The number of carboxylic acids is 1. The molecule has 14 heteroatoms. The van der Waals surface area contributed by atoms with Gasteiger partial charge in [-0.15, -0.1) is 0 Å². The number of carbonyl (C=O) groups is 2. The van der Waals surface area contributed by atoms with Gasteiger partial charge in [0.1, 0.15) is 23.1 Å². The summed E-state index contributed by atoms with van der Waals surface area (Å²) in [4.78, 5) is 27.1. The summed E-state index contributed by atoms with van der Waals surface area (Å²) in [6.45, 7) is 2.02. The SMILES string of the molecule is CC(C)(CO)C[C@@H]1N(C(F)(F)C(=O)OF)[C@@H](C(=O)O)[C@H](c2cccc(Cl)c2F)[C@@]1(C#N)c1ccc(Cl)cc1F. The van der Waals surface area contributed by atoms with Crippen LogP contribution in [0.1, 0.15) is 37.3 Å². The van der Waals surface area contributed by atoms with E-state index in [1.807, 2.05) is 0 Å². The van der Waals surface area contributed by atoms with Crippen molar-refractivity contribution in [2.24, 2.45) is 5.41 Å². The fourth-order valence-corrected chi connectivity index (χ4v) is 5.55. The molecule has 3 rings (SSSR count). The summed E-state index contributed by atoms with van der Waals surface area (Å²) < 4.78 is 75.2. The van der Waals surface area contributed by atoms with Gasteiger partial charge >= 0.3 is 18.0 Å². The molecule has 2 aromatic rings. The molecule has 0 radical (unpaired) electrons. The molecular weight excluding hydrogens is 574 g/mol. The van der Waals surface area contributed by atoms with Crippen LogP contribution in [0.5, 0.6) is 0 Å². The Morgan fingerprint density at radius 1 is 1.21 bits per heavy atom. The van der Waals surface area contributed by atoms with E-state index in [4.69, 9.17) is 23.2 Å². The number of aliphatic hydroxyl groups excluding tert-OH is 1. The zero-order valence-electron chi connectivity index (χ0n) is 20.3. The van der Waals surface area contributed by atoms with Crippen molar-refractivity contribution < 1.29 is 46.8 Å². The first-order valence-electron chi connectivity index (χ1n) is 11.2. The molecular formula is C25H21Cl2F5N2O5. The summed E-state index contributed by atoms with van der Waals surface area (Å²) in [6, 6.07) is -2.13. The number of rotatable bonds is 8. The van der Waals surface area contributed by atoms with Crippen molar-refractivity contribution in [1.29, 1.82) is 5.26 Å². The van der Waals surface area contributed by atoms with Crippen LogP contribution in [0.4, 0.5) is 22.1 Å². The molecule has 0 saturated carbocycles. The van der Waals surface area contributed by atoms with Crippen LogP contribution in [0.25, 0.3) is 0 Å². The van der Waals surface area contributed by atoms with Gasteiger partial charge in [-0.2, -0.15) is 14.0 Å². The van der Waals surface area contributed by atoms with Crippen LogP contribution in [0, 0.1) is 28.4 Å². The minimum Gasteiger partial charge on any atom is -0.480 e. The second kappa shape index (κ2) is 10.9. The Morgan fingerprint density at radius 3 is 2.36 bits per heavy atom. The summed E-state index contributed by atoms with van der Waals surface area (Å²) >= 11 is 11.8. The van der Waals surface area contributed by atoms with Gasteiger partial charge in [-0.3, -0.25) is 4.79 Å². The Labute approximate surface area is 229 Å². The van der Waals surface area contributed by atoms with Crippen molar-refractivity contribution >= 4 is 35.1 Å². The maximum Gasteiger partial charge on any atom is 0.434 e. The van der Waals surface area contributed by atoms with E-state index in [2.05, 4.69) is 4.94 Å². The molecule has 0 aliphatic carbocycles. The highest BCUT2D eigenvalue weighted by Crippen LogP contribution is 2.59. The Kier molecular flexibility index (Phi) is 8.53. The molecule has 1 aliphatic rings. The van der Waals surface area contributed by atoms with Crippen LogP contribution in [0.15, 0.2) is 36.4 Å². The number of carbonyl (C=O) groups excluding carboxylic acids is 1. The summed E-state index contributed by atoms with van der Waals surface area (Å²) in [5.74, 6) is -9.58. The zero-order valence-corrected chi connectivity index (χ0v) is 21.8. The van der Waals surface area contributed by atoms with Crippen molar-refractivity contribution in [2.75, 3.05) is 6.61 Å². The second-order valence-corrected chi connectivity index (χ2v) is 10.7. The number of hydrogen-bond donors (Lipinski definition) is 2. The van der Waals surface area contributed by atoms with E-state index in [9.17, 15) is 29.6 Å². The van der Waals surface area contributed by atoms with Crippen molar-refractivity contribution in [3.05, 3.63) is 69.2 Å². The predicted molar refractivity (Wildman–Crippen MR) is 128 cm³/mol. The second-order valence-electron chi connectivity index (χ2n) is 9.86. The van der Waals surface area contributed by atoms with E-state index in [0.29, 0.717) is 0 Å². The molecule has 1 heterocycles. The number of aliphatic hydroxyl groups is 1. The molecule has 4 atom stereocenters. The van der Waals surface area contributed by atoms with E-state index in [-0.39, 0.29) is 9.92 Å². The minimum atomic E-state index is -5.07. The molecule has 0 aromatic heterocycles. The Hall–Kier alpha value is -2.98. The van der Waals surface area contributed by atoms with Crippen LogP contribution in [-0.2, 0) is 19.9 Å². The molecule has 0 spiro atoms. The number of nitrogens with zero attached hydrogens (tertiary/aromatic N) is 2. The highest BCUT2D eigenvalue weighted by molar-refractivity contribution is 6.31. The number of hydrogen-bond acceptors (Lipinski definition) is 6. The molecule has 7 nitrogen and oxygen atoms in total. The molecule has 1 saturated heterocycles. The lowest BCUT2D eigenvalue weighted by molar-refractivity contribution is -0.245. The third-order valence-electron chi connectivity index (χ3n) is 6.91. The number of carboxylic acid groups (broad SMARTS) is 1. The summed E-state index contributed by atoms with van der Waals surface area (Å²) in [7, 11) is 0. The number of benzene rings is 2. The zero-order chi connectivity index (χ0) is 29.5. The molecule has 1 fully saturated rings. The molecule has 0 amide bonds. The Balaban J connectivity index is 2.59. The summed E-state index contributed by atoms with van der Waals surface area (Å²) in [6.07, 6.45) is -0.684. The third-order valence-corrected chi connectivity index (χ3v) is 7.44. The highest BCUT2D eigenvalue weighted by Gasteiger charge is 2.72. The fraction of sp³-hybridized carbons (Fsp3) is 0.400. The average Bonchev–Trinajstić information content (AvgIpc) is 3.15. The van der Waals surface area contributed by atoms with Crippen LogP contribution in [-0.4, -0.2) is 51.8 Å². The third kappa shape index (κ3) is 5.04. The standard InChI is InChI=1S/C25H21Cl2F5N2O5/c1-23(2,11-35)9-17-24(10-33,14-7-6-12(26)8-16(14)28)18(13-4-3-5-15(27)19(13)29)20(21(36)37)34(17)25(30,31)22(38)39-32/h3-8,17-18,20,35H,9,11H2,1-2H3,(H,36,37)/t17-,18-,20+,24-/m0/s1. The van der Waals surface area contributed by atoms with Gasteiger partial charge in [0.05, 0.1) is 11.1 Å². The van der Waals surface area contributed by atoms with Crippen molar-refractivity contribution in [2.45, 2.75) is 49.7 Å².